The number of aliphatic hydroxyl groups excluding tert-OH is 1. The van der Waals surface area contributed by atoms with Crippen LogP contribution in [0.1, 0.15) is 25.7 Å². The Morgan fingerprint density at radius 2 is 2.31 bits per heavy atom. The Bertz CT molecular complexity index is 707. The first-order valence-corrected chi connectivity index (χ1v) is 8.89. The Kier molecular flexibility index (Phi) is 5.86. The molecule has 2 aliphatic rings. The lowest BCUT2D eigenvalue weighted by Gasteiger charge is -2.33. The third-order valence-corrected chi connectivity index (χ3v) is 4.64. The van der Waals surface area contributed by atoms with Crippen LogP contribution in [-0.2, 0) is 9.53 Å². The van der Waals surface area contributed by atoms with E-state index in [0.717, 1.165) is 17.9 Å². The summed E-state index contributed by atoms with van der Waals surface area (Å²) in [5, 5.41) is 20.3. The molecule has 3 rings (SSSR count). The number of morpholine rings is 1. The summed E-state index contributed by atoms with van der Waals surface area (Å²) >= 11 is 0. The summed E-state index contributed by atoms with van der Waals surface area (Å²) in [6, 6.07) is 7.71. The van der Waals surface area contributed by atoms with Crippen LogP contribution in [-0.4, -0.2) is 49.1 Å². The van der Waals surface area contributed by atoms with Crippen LogP contribution in [0.4, 0.5) is 11.4 Å². The van der Waals surface area contributed by atoms with Gasteiger partial charge in [-0.25, -0.2) is 0 Å². The van der Waals surface area contributed by atoms with Crippen molar-refractivity contribution in [1.82, 2.24) is 0 Å². The van der Waals surface area contributed by atoms with Gasteiger partial charge in [0.15, 0.2) is 5.66 Å². The van der Waals surface area contributed by atoms with Crippen molar-refractivity contribution in [2.75, 3.05) is 36.5 Å². The maximum atomic E-state index is 12.2. The standard InChI is InChI=1S/C19H24N4O3/c1-2-3-8-19(21-22-19)9-7-18(25)20-15-5-4-6-16(12-15)23-10-11-26-17(13-23)14-24/h1,4-6,12,17,24H,3,7-11,13-14H2,(H,20,25). The molecule has 7 heteroatoms. The predicted octanol–water partition coefficient (Wildman–Crippen LogP) is 2.18. The molecule has 1 amide bonds. The SMILES string of the molecule is C#CCCC1(CCC(=O)Nc2cccc(N3CCOC(CO)C3)c2)N=N1. The highest BCUT2D eigenvalue weighted by Crippen LogP contribution is 2.37. The van der Waals surface area contributed by atoms with Gasteiger partial charge in [-0.2, -0.15) is 10.2 Å². The summed E-state index contributed by atoms with van der Waals surface area (Å²) < 4.78 is 5.48. The lowest BCUT2D eigenvalue weighted by atomic mass is 10.0. The molecule has 0 aromatic heterocycles. The minimum Gasteiger partial charge on any atom is -0.394 e. The van der Waals surface area contributed by atoms with Crippen molar-refractivity contribution in [3.8, 4) is 12.3 Å². The maximum absolute atomic E-state index is 12.2. The highest BCUT2D eigenvalue weighted by molar-refractivity contribution is 5.91. The number of nitrogens with zero attached hydrogens (tertiary/aromatic N) is 3. The number of ether oxygens (including phenoxy) is 1. The molecule has 26 heavy (non-hydrogen) atoms. The zero-order chi connectivity index (χ0) is 18.4. The second-order valence-corrected chi connectivity index (χ2v) is 6.61. The van der Waals surface area contributed by atoms with E-state index in [2.05, 4.69) is 26.4 Å². The largest absolute Gasteiger partial charge is 0.394 e. The van der Waals surface area contributed by atoms with Crippen LogP contribution in [0.15, 0.2) is 34.5 Å². The topological polar surface area (TPSA) is 86.5 Å². The number of amides is 1. The van der Waals surface area contributed by atoms with Crippen molar-refractivity contribution < 1.29 is 14.6 Å². The fraction of sp³-hybridized carbons (Fsp3) is 0.526. The van der Waals surface area contributed by atoms with E-state index in [1.807, 2.05) is 24.3 Å². The van der Waals surface area contributed by atoms with Crippen molar-refractivity contribution >= 4 is 17.3 Å². The van der Waals surface area contributed by atoms with Crippen molar-refractivity contribution in [1.29, 1.82) is 0 Å². The van der Waals surface area contributed by atoms with Crippen LogP contribution in [0.25, 0.3) is 0 Å². The zero-order valence-corrected chi connectivity index (χ0v) is 14.7. The molecule has 7 nitrogen and oxygen atoms in total. The van der Waals surface area contributed by atoms with Crippen LogP contribution >= 0.6 is 0 Å². The second-order valence-electron chi connectivity index (χ2n) is 6.61. The van der Waals surface area contributed by atoms with E-state index in [-0.39, 0.29) is 18.6 Å². The number of anilines is 2. The average molecular weight is 356 g/mol. The fourth-order valence-corrected chi connectivity index (χ4v) is 3.05. The van der Waals surface area contributed by atoms with E-state index < -0.39 is 5.66 Å². The second kappa shape index (κ2) is 8.30. The van der Waals surface area contributed by atoms with Crippen molar-refractivity contribution in [3.05, 3.63) is 24.3 Å². The Labute approximate surface area is 153 Å². The molecular weight excluding hydrogens is 332 g/mol. The molecule has 1 aromatic rings. The van der Waals surface area contributed by atoms with E-state index in [4.69, 9.17) is 11.2 Å². The van der Waals surface area contributed by atoms with Gasteiger partial charge in [0.05, 0.1) is 19.3 Å². The number of nitrogens with one attached hydrogen (secondary N) is 1. The first-order chi connectivity index (χ1) is 12.6. The molecule has 0 bridgehead atoms. The Morgan fingerprint density at radius 1 is 1.46 bits per heavy atom. The smallest absolute Gasteiger partial charge is 0.224 e. The molecule has 1 atom stereocenters. The molecular formula is C19H24N4O3. The van der Waals surface area contributed by atoms with Gasteiger partial charge >= 0.3 is 0 Å². The van der Waals surface area contributed by atoms with Gasteiger partial charge in [-0.05, 0) is 18.2 Å². The Morgan fingerprint density at radius 3 is 3.04 bits per heavy atom. The van der Waals surface area contributed by atoms with Gasteiger partial charge < -0.3 is 20.1 Å². The van der Waals surface area contributed by atoms with Gasteiger partial charge in [0, 0.05) is 50.1 Å². The molecule has 0 radical (unpaired) electrons. The number of rotatable bonds is 8. The van der Waals surface area contributed by atoms with Crippen molar-refractivity contribution in [3.63, 3.8) is 0 Å². The predicted molar refractivity (Wildman–Crippen MR) is 99.0 cm³/mol. The van der Waals surface area contributed by atoms with Gasteiger partial charge in [-0.15, -0.1) is 12.3 Å². The van der Waals surface area contributed by atoms with E-state index in [0.29, 0.717) is 38.8 Å². The number of carbonyl (C=O) groups excluding carboxylic acids is 1. The summed E-state index contributed by atoms with van der Waals surface area (Å²) in [7, 11) is 0. The lowest BCUT2D eigenvalue weighted by Crippen LogP contribution is -2.44. The number of terminal acetylenes is 1. The Hall–Kier alpha value is -2.43. The fourth-order valence-electron chi connectivity index (χ4n) is 3.05. The molecule has 1 saturated heterocycles. The molecule has 1 fully saturated rings. The molecule has 0 saturated carbocycles. The maximum Gasteiger partial charge on any atom is 0.224 e. The number of hydrogen-bond acceptors (Lipinski definition) is 6. The van der Waals surface area contributed by atoms with Crippen LogP contribution in [0.2, 0.25) is 0 Å². The van der Waals surface area contributed by atoms with Crippen molar-refractivity contribution in [2.45, 2.75) is 37.5 Å². The van der Waals surface area contributed by atoms with Crippen LogP contribution < -0.4 is 10.2 Å². The Balaban J connectivity index is 1.52. The zero-order valence-electron chi connectivity index (χ0n) is 14.7. The van der Waals surface area contributed by atoms with Gasteiger partial charge in [-0.3, -0.25) is 4.79 Å². The van der Waals surface area contributed by atoms with Crippen LogP contribution in [0.5, 0.6) is 0 Å². The highest BCUT2D eigenvalue weighted by Gasteiger charge is 2.39. The third kappa shape index (κ3) is 4.81. The molecule has 0 spiro atoms. The van der Waals surface area contributed by atoms with E-state index in [1.165, 1.54) is 0 Å². The third-order valence-electron chi connectivity index (χ3n) is 4.64. The summed E-state index contributed by atoms with van der Waals surface area (Å²) in [5.74, 6) is 2.53. The first-order valence-electron chi connectivity index (χ1n) is 8.89. The molecule has 1 aromatic carbocycles. The minimum absolute atomic E-state index is 0.00442. The first kappa shape index (κ1) is 18.4. The molecule has 2 N–H and O–H groups in total. The molecule has 2 aliphatic heterocycles. The monoisotopic (exact) mass is 356 g/mol. The van der Waals surface area contributed by atoms with Gasteiger partial charge in [0.1, 0.15) is 0 Å². The summed E-state index contributed by atoms with van der Waals surface area (Å²) in [6.45, 7) is 1.97. The summed E-state index contributed by atoms with van der Waals surface area (Å²) in [5.41, 5.74) is 1.32. The lowest BCUT2D eigenvalue weighted by molar-refractivity contribution is -0.116. The summed E-state index contributed by atoms with van der Waals surface area (Å²) in [4.78, 5) is 14.4. The molecule has 0 aliphatic carbocycles. The number of hydrogen-bond donors (Lipinski definition) is 2. The van der Waals surface area contributed by atoms with Gasteiger partial charge in [0.2, 0.25) is 5.91 Å². The van der Waals surface area contributed by atoms with E-state index >= 15 is 0 Å². The van der Waals surface area contributed by atoms with E-state index in [9.17, 15) is 9.90 Å². The number of aliphatic hydroxyl groups is 1. The quantitative estimate of drug-likeness (QED) is 0.699. The van der Waals surface area contributed by atoms with Gasteiger partial charge in [0.25, 0.3) is 0 Å². The molecule has 1 unspecified atom stereocenters. The van der Waals surface area contributed by atoms with Gasteiger partial charge in [-0.1, -0.05) is 6.07 Å². The highest BCUT2D eigenvalue weighted by atomic mass is 16.5. The minimum atomic E-state index is -0.432. The number of carbonyl (C=O) groups is 1. The molecule has 2 heterocycles. The van der Waals surface area contributed by atoms with E-state index in [1.54, 1.807) is 0 Å². The van der Waals surface area contributed by atoms with Crippen LogP contribution in [0.3, 0.4) is 0 Å². The van der Waals surface area contributed by atoms with Crippen molar-refractivity contribution in [2.24, 2.45) is 10.2 Å². The van der Waals surface area contributed by atoms with Crippen LogP contribution in [0, 0.1) is 12.3 Å². The number of benzene rings is 1. The normalized spacial score (nSPS) is 20.5. The molecule has 138 valence electrons. The summed E-state index contributed by atoms with van der Waals surface area (Å²) in [6.07, 6.45) is 7.36. The average Bonchev–Trinajstić information content (AvgIpc) is 3.45.